The molecule has 0 bridgehead atoms. The summed E-state index contributed by atoms with van der Waals surface area (Å²) in [6.07, 6.45) is -1.31. The van der Waals surface area contributed by atoms with Crippen LogP contribution in [0.3, 0.4) is 0 Å². The molecule has 0 fully saturated rings. The van der Waals surface area contributed by atoms with E-state index in [1.165, 1.54) is 0 Å². The van der Waals surface area contributed by atoms with E-state index < -0.39 is 23.8 Å². The SMILES string of the molecule is O=C(NCC(O)c1ccc(F)cc1F)Nc1cccc(Oc2ccccc2)c1. The van der Waals surface area contributed by atoms with Crippen molar-refractivity contribution in [1.29, 1.82) is 0 Å². The van der Waals surface area contributed by atoms with Crippen molar-refractivity contribution in [3.05, 3.63) is 90.0 Å². The molecule has 2 amide bonds. The third-order valence-corrected chi connectivity index (χ3v) is 3.85. The van der Waals surface area contributed by atoms with Crippen LogP contribution in [0.4, 0.5) is 19.3 Å². The van der Waals surface area contributed by atoms with Crippen LogP contribution in [-0.4, -0.2) is 17.7 Å². The van der Waals surface area contributed by atoms with Crippen LogP contribution in [0.5, 0.6) is 11.5 Å². The Morgan fingerprint density at radius 1 is 0.964 bits per heavy atom. The molecule has 28 heavy (non-hydrogen) atoms. The van der Waals surface area contributed by atoms with Crippen molar-refractivity contribution in [2.45, 2.75) is 6.10 Å². The molecule has 0 heterocycles. The van der Waals surface area contributed by atoms with Gasteiger partial charge in [-0.25, -0.2) is 13.6 Å². The molecule has 7 heteroatoms. The number of anilines is 1. The number of hydrogen-bond acceptors (Lipinski definition) is 3. The third-order valence-electron chi connectivity index (χ3n) is 3.85. The average molecular weight is 384 g/mol. The van der Waals surface area contributed by atoms with E-state index in [9.17, 15) is 18.7 Å². The number of benzene rings is 3. The van der Waals surface area contributed by atoms with Gasteiger partial charge in [0.1, 0.15) is 23.1 Å². The standard InChI is InChI=1S/C21H18F2N2O3/c22-14-9-10-18(19(23)11-14)20(26)13-24-21(27)25-15-5-4-8-17(12-15)28-16-6-2-1-3-7-16/h1-12,20,26H,13H2,(H2,24,25,27). The fourth-order valence-corrected chi connectivity index (χ4v) is 2.51. The maximum Gasteiger partial charge on any atom is 0.319 e. The van der Waals surface area contributed by atoms with Crippen LogP contribution in [0, 0.1) is 11.6 Å². The van der Waals surface area contributed by atoms with Crippen molar-refractivity contribution in [2.24, 2.45) is 0 Å². The number of nitrogens with one attached hydrogen (secondary N) is 2. The number of carbonyl (C=O) groups is 1. The lowest BCUT2D eigenvalue weighted by molar-refractivity contribution is 0.170. The Morgan fingerprint density at radius 3 is 2.46 bits per heavy atom. The van der Waals surface area contributed by atoms with E-state index in [1.54, 1.807) is 24.3 Å². The minimum Gasteiger partial charge on any atom is -0.457 e. The summed E-state index contributed by atoms with van der Waals surface area (Å²) in [6, 6.07) is 18.2. The van der Waals surface area contributed by atoms with Crippen LogP contribution in [0.2, 0.25) is 0 Å². The molecule has 3 aromatic carbocycles. The van der Waals surface area contributed by atoms with E-state index in [0.29, 0.717) is 23.3 Å². The minimum atomic E-state index is -1.31. The Hall–Kier alpha value is -3.45. The highest BCUT2D eigenvalue weighted by atomic mass is 19.1. The number of rotatable bonds is 6. The lowest BCUT2D eigenvalue weighted by Crippen LogP contribution is -2.32. The number of hydrogen-bond donors (Lipinski definition) is 3. The van der Waals surface area contributed by atoms with E-state index in [1.807, 2.05) is 30.3 Å². The van der Waals surface area contributed by atoms with E-state index in [2.05, 4.69) is 10.6 Å². The highest BCUT2D eigenvalue weighted by Gasteiger charge is 2.14. The predicted octanol–water partition coefficient (Wildman–Crippen LogP) is 4.61. The minimum absolute atomic E-state index is 0.0973. The van der Waals surface area contributed by atoms with E-state index >= 15 is 0 Å². The summed E-state index contributed by atoms with van der Waals surface area (Å²) in [5.74, 6) is -0.414. The number of aliphatic hydroxyl groups excluding tert-OH is 1. The number of aliphatic hydroxyl groups is 1. The van der Waals surface area contributed by atoms with Gasteiger partial charge in [-0.15, -0.1) is 0 Å². The first-order valence-electron chi connectivity index (χ1n) is 8.52. The zero-order valence-electron chi connectivity index (χ0n) is 14.7. The van der Waals surface area contributed by atoms with Crippen molar-refractivity contribution in [3.8, 4) is 11.5 Å². The molecule has 0 aromatic heterocycles. The molecule has 0 spiro atoms. The van der Waals surface area contributed by atoms with Gasteiger partial charge in [-0.05, 0) is 30.3 Å². The smallest absolute Gasteiger partial charge is 0.319 e. The number of halogens is 2. The maximum atomic E-state index is 13.7. The summed E-state index contributed by atoms with van der Waals surface area (Å²) in [7, 11) is 0. The third kappa shape index (κ3) is 5.28. The van der Waals surface area contributed by atoms with Crippen LogP contribution in [0.1, 0.15) is 11.7 Å². The summed E-state index contributed by atoms with van der Waals surface area (Å²) >= 11 is 0. The molecule has 0 aliphatic carbocycles. The lowest BCUT2D eigenvalue weighted by Gasteiger charge is -2.14. The second-order valence-electron chi connectivity index (χ2n) is 5.96. The molecule has 5 nitrogen and oxygen atoms in total. The fourth-order valence-electron chi connectivity index (χ4n) is 2.51. The largest absolute Gasteiger partial charge is 0.457 e. The number of para-hydroxylation sites is 1. The zero-order chi connectivity index (χ0) is 19.9. The van der Waals surface area contributed by atoms with E-state index in [-0.39, 0.29) is 12.1 Å². The Kier molecular flexibility index (Phi) is 6.18. The Morgan fingerprint density at radius 2 is 1.71 bits per heavy atom. The van der Waals surface area contributed by atoms with Gasteiger partial charge in [0.15, 0.2) is 0 Å². The van der Waals surface area contributed by atoms with Gasteiger partial charge >= 0.3 is 6.03 Å². The first-order chi connectivity index (χ1) is 13.5. The predicted molar refractivity (Wildman–Crippen MR) is 101 cm³/mol. The molecule has 1 unspecified atom stereocenters. The monoisotopic (exact) mass is 384 g/mol. The number of ether oxygens (including phenoxy) is 1. The average Bonchev–Trinajstić information content (AvgIpc) is 2.67. The molecule has 0 aliphatic rings. The quantitative estimate of drug-likeness (QED) is 0.581. The molecule has 3 N–H and O–H groups in total. The highest BCUT2D eigenvalue weighted by Crippen LogP contribution is 2.24. The molecule has 144 valence electrons. The number of carbonyl (C=O) groups excluding carboxylic acids is 1. The van der Waals surface area contributed by atoms with Crippen molar-refractivity contribution in [1.82, 2.24) is 5.32 Å². The molecule has 3 aromatic rings. The van der Waals surface area contributed by atoms with Crippen LogP contribution in [0.25, 0.3) is 0 Å². The van der Waals surface area contributed by atoms with Gasteiger partial charge in [0.25, 0.3) is 0 Å². The van der Waals surface area contributed by atoms with Crippen molar-refractivity contribution >= 4 is 11.7 Å². The molecule has 0 aliphatic heterocycles. The highest BCUT2D eigenvalue weighted by molar-refractivity contribution is 5.89. The molecule has 3 rings (SSSR count). The van der Waals surface area contributed by atoms with Gasteiger partial charge in [-0.1, -0.05) is 30.3 Å². The summed E-state index contributed by atoms with van der Waals surface area (Å²) in [4.78, 5) is 12.0. The van der Waals surface area contributed by atoms with Gasteiger partial charge in [0.05, 0.1) is 6.10 Å². The van der Waals surface area contributed by atoms with Gasteiger partial charge in [-0.2, -0.15) is 0 Å². The van der Waals surface area contributed by atoms with Gasteiger partial charge in [-0.3, -0.25) is 0 Å². The van der Waals surface area contributed by atoms with Crippen LogP contribution >= 0.6 is 0 Å². The summed E-state index contributed by atoms with van der Waals surface area (Å²) < 4.78 is 32.3. The molecule has 0 radical (unpaired) electrons. The summed E-state index contributed by atoms with van der Waals surface area (Å²) in [5, 5.41) is 15.0. The van der Waals surface area contributed by atoms with E-state index in [4.69, 9.17) is 4.74 Å². The van der Waals surface area contributed by atoms with Crippen molar-refractivity contribution in [3.63, 3.8) is 0 Å². The fraction of sp³-hybridized carbons (Fsp3) is 0.0952. The van der Waals surface area contributed by atoms with Gasteiger partial charge in [0.2, 0.25) is 0 Å². The Balaban J connectivity index is 1.55. The molecule has 1 atom stereocenters. The molecule has 0 saturated carbocycles. The second kappa shape index (κ2) is 8.96. The number of urea groups is 1. The van der Waals surface area contributed by atoms with Gasteiger partial charge in [0, 0.05) is 29.9 Å². The lowest BCUT2D eigenvalue weighted by atomic mass is 10.1. The molecule has 0 saturated heterocycles. The van der Waals surface area contributed by atoms with Crippen LogP contribution in [0.15, 0.2) is 72.8 Å². The topological polar surface area (TPSA) is 70.6 Å². The van der Waals surface area contributed by atoms with Crippen LogP contribution < -0.4 is 15.4 Å². The first kappa shape index (κ1) is 19.3. The van der Waals surface area contributed by atoms with E-state index in [0.717, 1.165) is 12.1 Å². The Bertz CT molecular complexity index is 951. The number of amides is 2. The molecular formula is C21H18F2N2O3. The molecular weight excluding hydrogens is 366 g/mol. The van der Waals surface area contributed by atoms with Crippen molar-refractivity contribution in [2.75, 3.05) is 11.9 Å². The maximum absolute atomic E-state index is 13.7. The first-order valence-corrected chi connectivity index (χ1v) is 8.52. The van der Waals surface area contributed by atoms with Crippen molar-refractivity contribution < 1.29 is 23.4 Å². The van der Waals surface area contributed by atoms with Gasteiger partial charge < -0.3 is 20.5 Å². The summed E-state index contributed by atoms with van der Waals surface area (Å²) in [5.41, 5.74) is 0.383. The normalized spacial score (nSPS) is 11.5. The summed E-state index contributed by atoms with van der Waals surface area (Å²) in [6.45, 7) is -0.241. The van der Waals surface area contributed by atoms with Crippen LogP contribution in [-0.2, 0) is 0 Å². The zero-order valence-corrected chi connectivity index (χ0v) is 14.7. The Labute approximate surface area is 160 Å². The second-order valence-corrected chi connectivity index (χ2v) is 5.96.